The fraction of sp³-hybridized carbons (Fsp3) is 0.250. The lowest BCUT2D eigenvalue weighted by atomic mass is 10.2. The van der Waals surface area contributed by atoms with Crippen LogP contribution in [0.15, 0.2) is 56.7 Å². The maximum absolute atomic E-state index is 13.5. The summed E-state index contributed by atoms with van der Waals surface area (Å²) < 4.78 is 61.0. The molecular weight excluding hydrogens is 536 g/mol. The quantitative estimate of drug-likeness (QED) is 0.473. The molecule has 10 nitrogen and oxygen atoms in total. The number of nitrogens with zero attached hydrogens (tertiary/aromatic N) is 2. The first-order valence-electron chi connectivity index (χ1n) is 9.81. The lowest BCUT2D eigenvalue weighted by molar-refractivity contribution is 0.0993. The number of hydrogen-bond acceptors (Lipinski definition) is 6. The predicted molar refractivity (Wildman–Crippen MR) is 125 cm³/mol. The van der Waals surface area contributed by atoms with Gasteiger partial charge >= 0.3 is 0 Å². The van der Waals surface area contributed by atoms with Gasteiger partial charge in [-0.1, -0.05) is 15.9 Å². The minimum atomic E-state index is -4.14. The molecule has 2 aromatic carbocycles. The van der Waals surface area contributed by atoms with Crippen LogP contribution in [0.4, 0.5) is 0 Å². The molecule has 1 fully saturated rings. The number of H-pyrrole nitrogens is 1. The van der Waals surface area contributed by atoms with Gasteiger partial charge in [0.15, 0.2) is 0 Å². The van der Waals surface area contributed by atoms with E-state index in [-0.39, 0.29) is 41.7 Å². The number of rotatable bonds is 6. The van der Waals surface area contributed by atoms with Crippen molar-refractivity contribution in [1.82, 2.24) is 13.6 Å². The molecule has 176 valence electrons. The molecule has 1 aliphatic rings. The summed E-state index contributed by atoms with van der Waals surface area (Å²) in [6.07, 6.45) is 0. The molecule has 0 bridgehead atoms. The van der Waals surface area contributed by atoms with Gasteiger partial charge in [0.1, 0.15) is 16.3 Å². The van der Waals surface area contributed by atoms with E-state index in [1.165, 1.54) is 27.9 Å². The number of ether oxygens (including phenoxy) is 1. The number of nitrogens with one attached hydrogen (secondary N) is 1. The zero-order valence-electron chi connectivity index (χ0n) is 17.5. The molecule has 3 N–H and O–H groups in total. The van der Waals surface area contributed by atoms with E-state index in [1.54, 1.807) is 30.3 Å². The Morgan fingerprint density at radius 2 is 1.55 bits per heavy atom. The monoisotopic (exact) mass is 556 g/mol. The highest BCUT2D eigenvalue weighted by Crippen LogP contribution is 2.32. The molecule has 0 atom stereocenters. The van der Waals surface area contributed by atoms with Crippen molar-refractivity contribution in [2.75, 3.05) is 33.3 Å². The Bertz CT molecular complexity index is 1430. The van der Waals surface area contributed by atoms with E-state index in [1.807, 2.05) is 0 Å². The number of primary amides is 1. The minimum absolute atomic E-state index is 0.0362. The number of sulfonamides is 2. The molecule has 1 aromatic heterocycles. The van der Waals surface area contributed by atoms with Crippen LogP contribution in [0, 0.1) is 0 Å². The van der Waals surface area contributed by atoms with Crippen molar-refractivity contribution in [3.8, 4) is 5.75 Å². The van der Waals surface area contributed by atoms with Gasteiger partial charge in [-0.3, -0.25) is 4.79 Å². The van der Waals surface area contributed by atoms with Crippen LogP contribution < -0.4 is 10.5 Å². The van der Waals surface area contributed by atoms with Crippen LogP contribution in [-0.2, 0) is 20.0 Å². The van der Waals surface area contributed by atoms with Crippen molar-refractivity contribution >= 4 is 52.8 Å². The summed E-state index contributed by atoms with van der Waals surface area (Å²) in [6.45, 7) is -0.218. The number of halogens is 1. The predicted octanol–water partition coefficient (Wildman–Crippen LogP) is 1.73. The fourth-order valence-corrected chi connectivity index (χ4v) is 7.30. The number of carbonyl (C=O) groups excluding carboxylic acids is 1. The molecule has 0 aliphatic carbocycles. The first-order chi connectivity index (χ1) is 15.6. The number of hydrogen-bond donors (Lipinski definition) is 2. The van der Waals surface area contributed by atoms with Crippen LogP contribution in [-0.4, -0.2) is 69.6 Å². The number of piperazine rings is 1. The third-order valence-electron chi connectivity index (χ3n) is 5.45. The third-order valence-corrected chi connectivity index (χ3v) is 9.84. The van der Waals surface area contributed by atoms with E-state index in [2.05, 4.69) is 20.9 Å². The van der Waals surface area contributed by atoms with Crippen molar-refractivity contribution < 1.29 is 26.4 Å². The van der Waals surface area contributed by atoms with E-state index >= 15 is 0 Å². The van der Waals surface area contributed by atoms with E-state index in [4.69, 9.17) is 10.5 Å². The van der Waals surface area contributed by atoms with Gasteiger partial charge in [0.25, 0.3) is 5.91 Å². The Labute approximate surface area is 199 Å². The van der Waals surface area contributed by atoms with Gasteiger partial charge in [0.2, 0.25) is 20.0 Å². The third kappa shape index (κ3) is 4.26. The average molecular weight is 557 g/mol. The fourth-order valence-electron chi connectivity index (χ4n) is 3.76. The second-order valence-electron chi connectivity index (χ2n) is 7.37. The normalized spacial score (nSPS) is 16.2. The minimum Gasteiger partial charge on any atom is -0.497 e. The summed E-state index contributed by atoms with van der Waals surface area (Å²) >= 11 is 3.32. The van der Waals surface area contributed by atoms with Crippen LogP contribution in [0.25, 0.3) is 10.9 Å². The molecule has 0 saturated carbocycles. The van der Waals surface area contributed by atoms with E-state index < -0.39 is 26.0 Å². The van der Waals surface area contributed by atoms with Crippen LogP contribution >= 0.6 is 15.9 Å². The average Bonchev–Trinajstić information content (AvgIpc) is 3.19. The van der Waals surface area contributed by atoms with Crippen LogP contribution in [0.5, 0.6) is 5.75 Å². The van der Waals surface area contributed by atoms with Gasteiger partial charge < -0.3 is 15.5 Å². The van der Waals surface area contributed by atoms with Gasteiger partial charge in [-0.2, -0.15) is 8.61 Å². The molecule has 1 amide bonds. The van der Waals surface area contributed by atoms with Crippen LogP contribution in [0.1, 0.15) is 10.5 Å². The first-order valence-corrected chi connectivity index (χ1v) is 13.5. The van der Waals surface area contributed by atoms with Crippen molar-refractivity contribution in [2.24, 2.45) is 5.73 Å². The van der Waals surface area contributed by atoms with E-state index in [0.717, 1.165) is 0 Å². The zero-order valence-corrected chi connectivity index (χ0v) is 20.7. The maximum Gasteiger partial charge on any atom is 0.266 e. The Morgan fingerprint density at radius 1 is 0.970 bits per heavy atom. The van der Waals surface area contributed by atoms with Crippen molar-refractivity contribution in [3.05, 3.63) is 52.6 Å². The summed E-state index contributed by atoms with van der Waals surface area (Å²) in [5, 5.41) is 0.325. The number of aromatic nitrogens is 1. The second-order valence-corrected chi connectivity index (χ2v) is 12.1. The Hall–Kier alpha value is -2.45. The molecule has 0 radical (unpaired) electrons. The number of carbonyl (C=O) groups is 1. The Balaban J connectivity index is 1.62. The molecule has 0 unspecified atom stereocenters. The largest absolute Gasteiger partial charge is 0.497 e. The molecule has 1 saturated heterocycles. The second kappa shape index (κ2) is 8.72. The summed E-state index contributed by atoms with van der Waals surface area (Å²) in [7, 11) is -6.45. The van der Waals surface area contributed by atoms with E-state index in [9.17, 15) is 21.6 Å². The molecule has 3 aromatic rings. The number of benzene rings is 2. The van der Waals surface area contributed by atoms with Crippen molar-refractivity contribution in [3.63, 3.8) is 0 Å². The highest BCUT2D eigenvalue weighted by molar-refractivity contribution is 9.10. The van der Waals surface area contributed by atoms with Gasteiger partial charge in [-0.25, -0.2) is 16.8 Å². The highest BCUT2D eigenvalue weighted by Gasteiger charge is 2.37. The van der Waals surface area contributed by atoms with E-state index in [0.29, 0.717) is 21.1 Å². The number of aromatic amines is 1. The van der Waals surface area contributed by atoms with Gasteiger partial charge in [-0.15, -0.1) is 0 Å². The number of methoxy groups -OCH3 is 1. The number of amides is 1. The molecule has 1 aliphatic heterocycles. The maximum atomic E-state index is 13.5. The lowest BCUT2D eigenvalue weighted by Crippen LogP contribution is -2.50. The van der Waals surface area contributed by atoms with Crippen molar-refractivity contribution in [1.29, 1.82) is 0 Å². The summed E-state index contributed by atoms with van der Waals surface area (Å²) in [6, 6.07) is 10.9. The molecule has 0 spiro atoms. The molecule has 13 heteroatoms. The zero-order chi connectivity index (χ0) is 24.0. The standard InChI is InChI=1S/C20H21BrN4O6S2/c1-31-14-3-5-15(6-4-14)32(27,28)24-8-10-25(11-9-24)33(29,30)19-16-12-13(21)2-7-17(16)23-18(19)20(22)26/h2-7,12,23H,8-11H2,1H3,(H2,22,26). The smallest absolute Gasteiger partial charge is 0.266 e. The molecule has 33 heavy (non-hydrogen) atoms. The van der Waals surface area contributed by atoms with Crippen molar-refractivity contribution in [2.45, 2.75) is 9.79 Å². The molecule has 4 rings (SSSR count). The summed E-state index contributed by atoms with van der Waals surface area (Å²) in [5.74, 6) is -0.373. The highest BCUT2D eigenvalue weighted by atomic mass is 79.9. The first kappa shape index (κ1) is 23.7. The SMILES string of the molecule is COc1ccc(S(=O)(=O)N2CCN(S(=O)(=O)c3c(C(N)=O)[nH]c4ccc(Br)cc34)CC2)cc1. The molecular formula is C20H21BrN4O6S2. The molecule has 2 heterocycles. The summed E-state index contributed by atoms with van der Waals surface area (Å²) in [4.78, 5) is 14.7. The van der Waals surface area contributed by atoms with Gasteiger partial charge in [-0.05, 0) is 42.5 Å². The van der Waals surface area contributed by atoms with Gasteiger partial charge in [0, 0.05) is 41.6 Å². The van der Waals surface area contributed by atoms with Crippen LogP contribution in [0.2, 0.25) is 0 Å². The Morgan fingerprint density at radius 3 is 2.09 bits per heavy atom. The Kier molecular flexibility index (Phi) is 6.26. The topological polar surface area (TPSA) is 143 Å². The number of fused-ring (bicyclic) bond motifs is 1. The number of nitrogens with two attached hydrogens (primary N) is 1. The van der Waals surface area contributed by atoms with Gasteiger partial charge in [0.05, 0.1) is 12.0 Å². The van der Waals surface area contributed by atoms with Crippen LogP contribution in [0.3, 0.4) is 0 Å². The lowest BCUT2D eigenvalue weighted by Gasteiger charge is -2.33. The summed E-state index contributed by atoms with van der Waals surface area (Å²) in [5.41, 5.74) is 5.68.